The molecule has 0 nitrogen and oxygen atoms in total. The van der Waals surface area contributed by atoms with E-state index in [-0.39, 0.29) is 0 Å². The lowest BCUT2D eigenvalue weighted by Gasteiger charge is -2.09. The smallest absolute Gasteiger partial charge is 0.0863 e. The summed E-state index contributed by atoms with van der Waals surface area (Å²) in [6.07, 6.45) is 23.2. The van der Waals surface area contributed by atoms with Crippen LogP contribution in [-0.4, -0.2) is 0 Å². The van der Waals surface area contributed by atoms with Crippen molar-refractivity contribution in [2.24, 2.45) is 0 Å². The van der Waals surface area contributed by atoms with Gasteiger partial charge in [0.05, 0.1) is 19.5 Å². The normalized spacial score (nSPS) is 12.8. The molecule has 0 fully saturated rings. The van der Waals surface area contributed by atoms with Crippen LogP contribution in [0.1, 0.15) is 140 Å². The van der Waals surface area contributed by atoms with E-state index in [1.54, 1.807) is 0 Å². The van der Waals surface area contributed by atoms with Gasteiger partial charge in [-0.25, -0.2) is 0 Å². The third-order valence-corrected chi connectivity index (χ3v) is 17.3. The lowest BCUT2D eigenvalue weighted by atomic mass is 9.93. The molecule has 4 aromatic heterocycles. The quantitative estimate of drug-likeness (QED) is 0.0847. The molecule has 340 valence electrons. The molecule has 8 bridgehead atoms. The van der Waals surface area contributed by atoms with Gasteiger partial charge in [0.2, 0.25) is 0 Å². The zero-order chi connectivity index (χ0) is 46.7. The monoisotopic (exact) mass is 956 g/mol. The highest BCUT2D eigenvalue weighted by Crippen LogP contribution is 2.47. The van der Waals surface area contributed by atoms with E-state index in [0.717, 1.165) is 74.0 Å². The highest BCUT2D eigenvalue weighted by Gasteiger charge is 2.24. The Morgan fingerprint density at radius 3 is 0.882 bits per heavy atom. The predicted octanol–water partition coefficient (Wildman–Crippen LogP) is 19.4. The second kappa shape index (κ2) is 23.1. The summed E-state index contributed by atoms with van der Waals surface area (Å²) in [6, 6.07) is 43.7. The molecule has 0 radical (unpaired) electrons. The summed E-state index contributed by atoms with van der Waals surface area (Å²) >= 11 is 7.47. The van der Waals surface area contributed by atoms with Crippen molar-refractivity contribution in [3.05, 3.63) is 183 Å². The lowest BCUT2D eigenvalue weighted by molar-refractivity contribution is 0.760. The summed E-state index contributed by atoms with van der Waals surface area (Å²) in [5.74, 6) is 15.6. The van der Waals surface area contributed by atoms with E-state index >= 15 is 0 Å². The number of hydrogen-bond acceptors (Lipinski definition) is 4. The molecule has 0 atom stereocenters. The fourth-order valence-corrected chi connectivity index (χ4v) is 13.9. The van der Waals surface area contributed by atoms with Crippen molar-refractivity contribution in [2.75, 3.05) is 0 Å². The van der Waals surface area contributed by atoms with E-state index in [1.165, 1.54) is 109 Å². The van der Waals surface area contributed by atoms with Crippen LogP contribution < -0.4 is 0 Å². The maximum atomic E-state index is 3.91. The van der Waals surface area contributed by atoms with Gasteiger partial charge in [-0.15, -0.1) is 45.3 Å². The first kappa shape index (κ1) is 47.4. The highest BCUT2D eigenvalue weighted by molar-refractivity contribution is 7.16. The Morgan fingerprint density at radius 2 is 0.559 bits per heavy atom. The molecule has 4 aromatic carbocycles. The Morgan fingerprint density at radius 1 is 0.294 bits per heavy atom. The van der Waals surface area contributed by atoms with Crippen LogP contribution in [0.3, 0.4) is 0 Å². The number of thiophene rings is 4. The summed E-state index contributed by atoms with van der Waals surface area (Å²) in [4.78, 5) is 9.80. The predicted molar refractivity (Wildman–Crippen MR) is 303 cm³/mol. The zero-order valence-corrected chi connectivity index (χ0v) is 43.2. The summed E-state index contributed by atoms with van der Waals surface area (Å²) in [5, 5.41) is 0. The van der Waals surface area contributed by atoms with Gasteiger partial charge < -0.3 is 0 Å². The molecule has 4 heteroatoms. The average molecular weight is 957 g/mol. The molecule has 0 N–H and O–H groups in total. The van der Waals surface area contributed by atoms with Gasteiger partial charge in [0, 0.05) is 41.8 Å². The van der Waals surface area contributed by atoms with Gasteiger partial charge in [-0.05, 0) is 144 Å². The van der Waals surface area contributed by atoms with Crippen LogP contribution >= 0.6 is 45.3 Å². The Bertz CT molecular complexity index is 2930. The van der Waals surface area contributed by atoms with E-state index in [4.69, 9.17) is 0 Å². The number of rotatable bonds is 16. The van der Waals surface area contributed by atoms with Gasteiger partial charge in [-0.3, -0.25) is 0 Å². The third kappa shape index (κ3) is 10.5. The van der Waals surface area contributed by atoms with Crippen LogP contribution in [-0.2, 0) is 25.7 Å². The van der Waals surface area contributed by atoms with E-state index in [2.05, 4.69) is 197 Å². The molecule has 9 rings (SSSR count). The Kier molecular flexibility index (Phi) is 16.1. The van der Waals surface area contributed by atoms with E-state index < -0.39 is 0 Å². The van der Waals surface area contributed by atoms with Gasteiger partial charge in [0.15, 0.2) is 0 Å². The molecule has 0 saturated heterocycles. The summed E-state index contributed by atoms with van der Waals surface area (Å²) < 4.78 is 0. The van der Waals surface area contributed by atoms with E-state index in [9.17, 15) is 0 Å². The number of unbranched alkanes of at least 4 members (excludes halogenated alkanes) is 4. The Labute approximate surface area is 422 Å². The molecule has 1 aliphatic heterocycles. The minimum atomic E-state index is 1.07. The summed E-state index contributed by atoms with van der Waals surface area (Å²) in [7, 11) is 0. The maximum absolute atomic E-state index is 3.91. The minimum absolute atomic E-state index is 1.07. The summed E-state index contributed by atoms with van der Waals surface area (Å²) in [5.41, 5.74) is 15.6. The summed E-state index contributed by atoms with van der Waals surface area (Å²) in [6.45, 7) is 9.26. The highest BCUT2D eigenvalue weighted by atomic mass is 32.1. The maximum Gasteiger partial charge on any atom is 0.0863 e. The molecule has 5 heterocycles. The first-order valence-electron chi connectivity index (χ1n) is 24.8. The molecule has 0 aliphatic carbocycles. The van der Waals surface area contributed by atoms with Gasteiger partial charge >= 0.3 is 0 Å². The van der Waals surface area contributed by atoms with Crippen LogP contribution in [0.15, 0.2) is 121 Å². The van der Waals surface area contributed by atoms with Crippen molar-refractivity contribution < 1.29 is 0 Å². The van der Waals surface area contributed by atoms with Crippen molar-refractivity contribution >= 4 is 69.7 Å². The van der Waals surface area contributed by atoms with E-state index in [0.29, 0.717) is 0 Å². The SMILES string of the molecule is CCCCc1c2sc(c1CCCC)/C=C\c1sc(c(-c3ccccc3)c1-c1ccccc1)C#Cc1sc(c(-c3ccccc3)c1-c1ccccc1)/C=C\c1sc(c(CCCC)c1CCCC)C#C2. The van der Waals surface area contributed by atoms with Gasteiger partial charge in [-0.2, -0.15) is 0 Å². The Hall–Kier alpha value is -5.72. The van der Waals surface area contributed by atoms with Crippen molar-refractivity contribution in [2.45, 2.75) is 105 Å². The minimum Gasteiger partial charge on any atom is -0.127 e. The fraction of sp³-hybridized carbons (Fsp3) is 0.250. The number of fused-ring (bicyclic) bond motifs is 8. The molecular weight excluding hydrogens is 897 g/mol. The topological polar surface area (TPSA) is 0 Å². The largest absolute Gasteiger partial charge is 0.127 e. The second-order valence-electron chi connectivity index (χ2n) is 17.6. The molecule has 0 spiro atoms. The molecule has 1 aliphatic rings. The van der Waals surface area contributed by atoms with Gasteiger partial charge in [-0.1, -0.05) is 175 Å². The second-order valence-corrected chi connectivity index (χ2v) is 21.8. The molecule has 0 amide bonds. The zero-order valence-electron chi connectivity index (χ0n) is 40.0. The molecule has 0 saturated carbocycles. The van der Waals surface area contributed by atoms with Gasteiger partial charge in [0.25, 0.3) is 0 Å². The number of hydrogen-bond donors (Lipinski definition) is 0. The molecule has 8 aromatic rings. The third-order valence-electron chi connectivity index (χ3n) is 12.9. The van der Waals surface area contributed by atoms with Crippen LogP contribution in [0, 0.1) is 23.7 Å². The van der Waals surface area contributed by atoms with Crippen molar-refractivity contribution in [3.63, 3.8) is 0 Å². The van der Waals surface area contributed by atoms with Crippen LogP contribution in [0.25, 0.3) is 68.8 Å². The van der Waals surface area contributed by atoms with Crippen molar-refractivity contribution in [1.82, 2.24) is 0 Å². The fourth-order valence-electron chi connectivity index (χ4n) is 9.38. The van der Waals surface area contributed by atoms with Crippen molar-refractivity contribution in [1.29, 1.82) is 0 Å². The molecule has 68 heavy (non-hydrogen) atoms. The van der Waals surface area contributed by atoms with Crippen molar-refractivity contribution in [3.8, 4) is 68.2 Å². The number of benzene rings is 4. The molecule has 0 unspecified atom stereocenters. The first-order valence-corrected chi connectivity index (χ1v) is 28.1. The standard InChI is InChI=1S/C64H60S4/c1-5-9-33-49-51(35-11-7-3)55-39-41-57-61(45-25-17-13-18-26-45)63(47-29-21-15-22-30-47)59(67-57)43-44-60-64(48-31-23-16-24-32-48)62(46-27-19-14-20-28-46)58(68-60)42-40-56-52(36-12-8-4)50(34-10-6-2)54(66-56)38-37-53(49)65-55/h13-32,39-42H,5-12,33-36H2,1-4H3/b41-39-,42-40-,55-39?,56-40?,57-41?,58-42?. The van der Waals surface area contributed by atoms with Crippen LogP contribution in [0.4, 0.5) is 0 Å². The van der Waals surface area contributed by atoms with Gasteiger partial charge in [0.1, 0.15) is 0 Å². The lowest BCUT2D eigenvalue weighted by Crippen LogP contribution is -1.95. The first-order chi connectivity index (χ1) is 33.6. The van der Waals surface area contributed by atoms with Crippen LogP contribution in [0.5, 0.6) is 0 Å². The Balaban J connectivity index is 1.37. The average Bonchev–Trinajstić information content (AvgIpc) is 4.13. The van der Waals surface area contributed by atoms with E-state index in [1.807, 2.05) is 45.3 Å². The molecular formula is C64H60S4. The van der Waals surface area contributed by atoms with Crippen LogP contribution in [0.2, 0.25) is 0 Å².